The largest absolute Gasteiger partial charge is 0.492 e. The lowest BCUT2D eigenvalue weighted by Gasteiger charge is -2.35. The minimum absolute atomic E-state index is 0.322. The van der Waals surface area contributed by atoms with Crippen LogP contribution in [-0.4, -0.2) is 79.6 Å². The number of piperazine rings is 1. The SMILES string of the molecule is Cc1ccc(OCCN2CCN(CC(=O)N3CCCCCC3)CC2)cc1. The molecule has 1 aromatic carbocycles. The van der Waals surface area contributed by atoms with Crippen LogP contribution in [0.5, 0.6) is 5.75 Å². The van der Waals surface area contributed by atoms with E-state index < -0.39 is 0 Å². The first-order chi connectivity index (χ1) is 12.7. The van der Waals surface area contributed by atoms with Crippen molar-refractivity contribution in [1.29, 1.82) is 0 Å². The maximum atomic E-state index is 12.5. The van der Waals surface area contributed by atoms with E-state index in [4.69, 9.17) is 4.74 Å². The molecule has 0 N–H and O–H groups in total. The van der Waals surface area contributed by atoms with Crippen LogP contribution in [0, 0.1) is 6.92 Å². The lowest BCUT2D eigenvalue weighted by molar-refractivity contribution is -0.132. The Kier molecular flexibility index (Phi) is 7.32. The van der Waals surface area contributed by atoms with E-state index >= 15 is 0 Å². The fourth-order valence-electron chi connectivity index (χ4n) is 3.71. The molecule has 0 unspecified atom stereocenters. The normalized spacial score (nSPS) is 20.0. The fraction of sp³-hybridized carbons (Fsp3) is 0.667. The Balaban J connectivity index is 1.32. The summed E-state index contributed by atoms with van der Waals surface area (Å²) >= 11 is 0. The predicted octanol–water partition coefficient (Wildman–Crippen LogP) is 2.39. The third kappa shape index (κ3) is 5.99. The summed E-state index contributed by atoms with van der Waals surface area (Å²) in [6.45, 7) is 10.2. The minimum atomic E-state index is 0.322. The van der Waals surface area contributed by atoms with Gasteiger partial charge in [0.2, 0.25) is 5.91 Å². The van der Waals surface area contributed by atoms with E-state index in [9.17, 15) is 4.79 Å². The highest BCUT2D eigenvalue weighted by atomic mass is 16.5. The maximum Gasteiger partial charge on any atom is 0.236 e. The molecule has 0 spiro atoms. The quantitative estimate of drug-likeness (QED) is 0.781. The molecule has 0 atom stereocenters. The Morgan fingerprint density at radius 2 is 1.50 bits per heavy atom. The first kappa shape index (κ1) is 19.2. The van der Waals surface area contributed by atoms with Gasteiger partial charge in [0, 0.05) is 45.8 Å². The second-order valence-electron chi connectivity index (χ2n) is 7.57. The Morgan fingerprint density at radius 1 is 0.885 bits per heavy atom. The van der Waals surface area contributed by atoms with Crippen LogP contribution in [0.1, 0.15) is 31.2 Å². The van der Waals surface area contributed by atoms with Crippen molar-refractivity contribution in [2.75, 3.05) is 59.0 Å². The van der Waals surface area contributed by atoms with Gasteiger partial charge >= 0.3 is 0 Å². The number of carbonyl (C=O) groups is 1. The smallest absolute Gasteiger partial charge is 0.236 e. The van der Waals surface area contributed by atoms with Gasteiger partial charge in [0.25, 0.3) is 0 Å². The van der Waals surface area contributed by atoms with Crippen LogP contribution in [0.15, 0.2) is 24.3 Å². The zero-order valence-corrected chi connectivity index (χ0v) is 16.2. The van der Waals surface area contributed by atoms with E-state index in [0.717, 1.165) is 58.2 Å². The minimum Gasteiger partial charge on any atom is -0.492 e. The van der Waals surface area contributed by atoms with Crippen molar-refractivity contribution in [2.45, 2.75) is 32.6 Å². The number of benzene rings is 1. The summed E-state index contributed by atoms with van der Waals surface area (Å²) < 4.78 is 5.83. The van der Waals surface area contributed by atoms with Crippen LogP contribution in [0.2, 0.25) is 0 Å². The summed E-state index contributed by atoms with van der Waals surface area (Å²) in [5.74, 6) is 1.26. The molecule has 0 radical (unpaired) electrons. The summed E-state index contributed by atoms with van der Waals surface area (Å²) in [6.07, 6.45) is 4.88. The van der Waals surface area contributed by atoms with Crippen molar-refractivity contribution in [2.24, 2.45) is 0 Å². The van der Waals surface area contributed by atoms with E-state index in [0.29, 0.717) is 12.5 Å². The number of aryl methyl sites for hydroxylation is 1. The first-order valence-corrected chi connectivity index (χ1v) is 10.1. The van der Waals surface area contributed by atoms with Crippen molar-refractivity contribution in [1.82, 2.24) is 14.7 Å². The number of carbonyl (C=O) groups excluding carboxylic acids is 1. The zero-order valence-electron chi connectivity index (χ0n) is 16.2. The van der Waals surface area contributed by atoms with Gasteiger partial charge in [-0.25, -0.2) is 0 Å². The van der Waals surface area contributed by atoms with Gasteiger partial charge in [-0.2, -0.15) is 0 Å². The van der Waals surface area contributed by atoms with Crippen LogP contribution in [0.4, 0.5) is 0 Å². The highest BCUT2D eigenvalue weighted by Gasteiger charge is 2.22. The Hall–Kier alpha value is -1.59. The molecule has 2 fully saturated rings. The van der Waals surface area contributed by atoms with Crippen LogP contribution in [0.3, 0.4) is 0 Å². The van der Waals surface area contributed by atoms with Crippen molar-refractivity contribution in [3.8, 4) is 5.75 Å². The van der Waals surface area contributed by atoms with Crippen LogP contribution < -0.4 is 4.74 Å². The topological polar surface area (TPSA) is 36.0 Å². The molecule has 26 heavy (non-hydrogen) atoms. The average Bonchev–Trinajstić information content (AvgIpc) is 2.94. The molecule has 2 heterocycles. The molecule has 1 aromatic rings. The van der Waals surface area contributed by atoms with E-state index in [1.807, 2.05) is 12.1 Å². The third-order valence-corrected chi connectivity index (χ3v) is 5.48. The molecule has 0 aromatic heterocycles. The van der Waals surface area contributed by atoms with Crippen molar-refractivity contribution >= 4 is 5.91 Å². The number of rotatable bonds is 6. The van der Waals surface area contributed by atoms with Gasteiger partial charge in [-0.3, -0.25) is 14.6 Å². The van der Waals surface area contributed by atoms with Gasteiger partial charge < -0.3 is 9.64 Å². The van der Waals surface area contributed by atoms with Crippen molar-refractivity contribution < 1.29 is 9.53 Å². The Morgan fingerprint density at radius 3 is 2.15 bits per heavy atom. The van der Waals surface area contributed by atoms with Crippen molar-refractivity contribution in [3.05, 3.63) is 29.8 Å². The number of likely N-dealkylation sites (tertiary alicyclic amines) is 1. The number of hydrogen-bond donors (Lipinski definition) is 0. The van der Waals surface area contributed by atoms with Gasteiger partial charge in [0.15, 0.2) is 0 Å². The second-order valence-corrected chi connectivity index (χ2v) is 7.57. The van der Waals surface area contributed by atoms with Crippen LogP contribution in [-0.2, 0) is 4.79 Å². The second kappa shape index (κ2) is 9.93. The molecule has 5 heteroatoms. The van der Waals surface area contributed by atoms with E-state index in [-0.39, 0.29) is 0 Å². The predicted molar refractivity (Wildman–Crippen MR) is 105 cm³/mol. The average molecular weight is 360 g/mol. The number of nitrogens with zero attached hydrogens (tertiary/aromatic N) is 3. The Labute approximate surface area is 157 Å². The van der Waals surface area contributed by atoms with Gasteiger partial charge in [-0.15, -0.1) is 0 Å². The molecule has 2 aliphatic rings. The lowest BCUT2D eigenvalue weighted by atomic mass is 10.2. The molecule has 2 aliphatic heterocycles. The first-order valence-electron chi connectivity index (χ1n) is 10.1. The monoisotopic (exact) mass is 359 g/mol. The number of ether oxygens (including phenoxy) is 1. The molecule has 2 saturated heterocycles. The summed E-state index contributed by atoms with van der Waals surface area (Å²) in [5, 5.41) is 0. The number of amides is 1. The number of hydrogen-bond acceptors (Lipinski definition) is 4. The van der Waals surface area contributed by atoms with Gasteiger partial charge in [-0.1, -0.05) is 30.5 Å². The molecule has 1 amide bonds. The standard InChI is InChI=1S/C21H33N3O2/c1-19-6-8-20(9-7-19)26-17-16-22-12-14-23(15-13-22)18-21(25)24-10-4-2-3-5-11-24/h6-9H,2-5,10-18H2,1H3. The Bertz CT molecular complexity index is 545. The summed E-state index contributed by atoms with van der Waals surface area (Å²) in [6, 6.07) is 8.22. The van der Waals surface area contributed by atoms with E-state index in [1.165, 1.54) is 31.2 Å². The van der Waals surface area contributed by atoms with E-state index in [1.54, 1.807) is 0 Å². The molecule has 144 valence electrons. The maximum absolute atomic E-state index is 12.5. The van der Waals surface area contributed by atoms with Crippen molar-refractivity contribution in [3.63, 3.8) is 0 Å². The summed E-state index contributed by atoms with van der Waals surface area (Å²) in [4.78, 5) is 19.3. The van der Waals surface area contributed by atoms with E-state index in [2.05, 4.69) is 33.8 Å². The van der Waals surface area contributed by atoms with Gasteiger partial charge in [0.05, 0.1) is 6.54 Å². The summed E-state index contributed by atoms with van der Waals surface area (Å²) in [5.41, 5.74) is 1.25. The highest BCUT2D eigenvalue weighted by molar-refractivity contribution is 5.78. The molecule has 0 aliphatic carbocycles. The third-order valence-electron chi connectivity index (χ3n) is 5.48. The van der Waals surface area contributed by atoms with Gasteiger partial charge in [0.1, 0.15) is 12.4 Å². The van der Waals surface area contributed by atoms with Gasteiger partial charge in [-0.05, 0) is 31.9 Å². The fourth-order valence-corrected chi connectivity index (χ4v) is 3.71. The molecule has 5 nitrogen and oxygen atoms in total. The summed E-state index contributed by atoms with van der Waals surface area (Å²) in [7, 11) is 0. The lowest BCUT2D eigenvalue weighted by Crippen LogP contribution is -2.50. The zero-order chi connectivity index (χ0) is 18.2. The molecule has 0 saturated carbocycles. The molecule has 3 rings (SSSR count). The van der Waals surface area contributed by atoms with Crippen LogP contribution >= 0.6 is 0 Å². The highest BCUT2D eigenvalue weighted by Crippen LogP contribution is 2.12. The molecular weight excluding hydrogens is 326 g/mol. The van der Waals surface area contributed by atoms with Crippen LogP contribution in [0.25, 0.3) is 0 Å². The molecule has 0 bridgehead atoms. The molecular formula is C21H33N3O2.